The van der Waals surface area contributed by atoms with Crippen LogP contribution in [0.25, 0.3) is 11.1 Å². The van der Waals surface area contributed by atoms with Gasteiger partial charge in [0.2, 0.25) is 0 Å². The summed E-state index contributed by atoms with van der Waals surface area (Å²) in [5, 5.41) is 6.26. The fraction of sp³-hybridized carbons (Fsp3) is 0.367. The predicted octanol–water partition coefficient (Wildman–Crippen LogP) is 6.55. The van der Waals surface area contributed by atoms with E-state index < -0.39 is 0 Å². The topological polar surface area (TPSA) is 44.4 Å². The Bertz CT molecular complexity index is 1200. The molecular formula is C30H36FN3O. The summed E-state index contributed by atoms with van der Waals surface area (Å²) in [6.07, 6.45) is 0.975. The molecule has 0 saturated carbocycles. The van der Waals surface area contributed by atoms with Gasteiger partial charge >= 0.3 is 6.03 Å². The first-order valence-corrected chi connectivity index (χ1v) is 12.4. The van der Waals surface area contributed by atoms with Crippen LogP contribution in [-0.2, 0) is 18.5 Å². The van der Waals surface area contributed by atoms with Crippen molar-refractivity contribution in [3.63, 3.8) is 0 Å². The summed E-state index contributed by atoms with van der Waals surface area (Å²) >= 11 is 0. The molecule has 0 bridgehead atoms. The molecule has 35 heavy (non-hydrogen) atoms. The molecule has 0 radical (unpaired) electrons. The molecule has 2 amide bonds. The number of anilines is 1. The molecule has 1 unspecified atom stereocenters. The van der Waals surface area contributed by atoms with Gasteiger partial charge in [0.05, 0.1) is 0 Å². The van der Waals surface area contributed by atoms with E-state index in [0.29, 0.717) is 19.0 Å². The van der Waals surface area contributed by atoms with Crippen molar-refractivity contribution in [2.24, 2.45) is 5.92 Å². The molecule has 5 heteroatoms. The van der Waals surface area contributed by atoms with Gasteiger partial charge in [-0.15, -0.1) is 0 Å². The van der Waals surface area contributed by atoms with E-state index in [1.165, 1.54) is 17.2 Å². The number of carbonyl (C=O) groups is 1. The SMILES string of the molecule is CNCc1ccc(CNC(=O)N2CC(C)(CC(C)C)c3cc(-c4ccc(F)cc4C)ccc32)cc1. The van der Waals surface area contributed by atoms with Gasteiger partial charge in [-0.05, 0) is 84.0 Å². The van der Waals surface area contributed by atoms with Crippen LogP contribution in [0.2, 0.25) is 0 Å². The van der Waals surface area contributed by atoms with E-state index in [1.807, 2.05) is 37.1 Å². The maximum absolute atomic E-state index is 13.7. The normalized spacial score (nSPS) is 17.1. The van der Waals surface area contributed by atoms with Crippen molar-refractivity contribution in [1.82, 2.24) is 10.6 Å². The third kappa shape index (κ3) is 5.40. The molecule has 0 fully saturated rings. The largest absolute Gasteiger partial charge is 0.334 e. The number of urea groups is 1. The Balaban J connectivity index is 1.59. The molecule has 1 aliphatic rings. The molecule has 0 saturated heterocycles. The average molecular weight is 474 g/mol. The molecule has 2 N–H and O–H groups in total. The third-order valence-electron chi connectivity index (χ3n) is 6.90. The zero-order valence-electron chi connectivity index (χ0n) is 21.4. The number of aryl methyl sites for hydroxylation is 1. The van der Waals surface area contributed by atoms with Crippen molar-refractivity contribution >= 4 is 11.7 Å². The maximum atomic E-state index is 13.7. The summed E-state index contributed by atoms with van der Waals surface area (Å²) in [4.78, 5) is 15.2. The summed E-state index contributed by atoms with van der Waals surface area (Å²) in [6.45, 7) is 10.6. The number of carbonyl (C=O) groups excluding carboxylic acids is 1. The summed E-state index contributed by atoms with van der Waals surface area (Å²) in [7, 11) is 1.93. The lowest BCUT2D eigenvalue weighted by atomic mass is 9.77. The molecule has 1 atom stereocenters. The van der Waals surface area contributed by atoms with Crippen LogP contribution in [-0.4, -0.2) is 19.6 Å². The van der Waals surface area contributed by atoms with Gasteiger partial charge in [-0.1, -0.05) is 57.2 Å². The average Bonchev–Trinajstić information content (AvgIpc) is 3.10. The van der Waals surface area contributed by atoms with Gasteiger partial charge in [0.25, 0.3) is 0 Å². The van der Waals surface area contributed by atoms with E-state index >= 15 is 0 Å². The van der Waals surface area contributed by atoms with Gasteiger partial charge in [-0.25, -0.2) is 9.18 Å². The van der Waals surface area contributed by atoms with E-state index in [4.69, 9.17) is 0 Å². The number of hydrogen-bond donors (Lipinski definition) is 2. The van der Waals surface area contributed by atoms with E-state index in [0.717, 1.165) is 40.9 Å². The number of fused-ring (bicyclic) bond motifs is 1. The highest BCUT2D eigenvalue weighted by Crippen LogP contribution is 2.46. The Hall–Kier alpha value is -3.18. The number of nitrogens with one attached hydrogen (secondary N) is 2. The lowest BCUT2D eigenvalue weighted by Gasteiger charge is -2.28. The van der Waals surface area contributed by atoms with Gasteiger partial charge in [-0.3, -0.25) is 4.90 Å². The molecule has 3 aromatic rings. The van der Waals surface area contributed by atoms with Crippen molar-refractivity contribution in [3.8, 4) is 11.1 Å². The Labute approximate surface area is 208 Å². The van der Waals surface area contributed by atoms with Gasteiger partial charge in [0.15, 0.2) is 0 Å². The predicted molar refractivity (Wildman–Crippen MR) is 142 cm³/mol. The van der Waals surface area contributed by atoms with Crippen molar-refractivity contribution < 1.29 is 9.18 Å². The van der Waals surface area contributed by atoms with Crippen LogP contribution in [0.1, 0.15) is 49.4 Å². The lowest BCUT2D eigenvalue weighted by molar-refractivity contribution is 0.244. The monoisotopic (exact) mass is 473 g/mol. The van der Waals surface area contributed by atoms with Crippen LogP contribution in [0.15, 0.2) is 60.7 Å². The molecule has 1 heterocycles. The van der Waals surface area contributed by atoms with E-state index in [1.54, 1.807) is 6.07 Å². The van der Waals surface area contributed by atoms with Crippen LogP contribution in [0.5, 0.6) is 0 Å². The highest BCUT2D eigenvalue weighted by molar-refractivity contribution is 5.95. The minimum absolute atomic E-state index is 0.0799. The third-order valence-corrected chi connectivity index (χ3v) is 6.90. The molecular weight excluding hydrogens is 437 g/mol. The lowest BCUT2D eigenvalue weighted by Crippen LogP contribution is -2.42. The van der Waals surface area contributed by atoms with E-state index in [2.05, 4.69) is 61.7 Å². The standard InChI is InChI=1S/C30H36FN3O/c1-20(2)16-30(4)19-34(29(35)33-18-23-8-6-22(7-9-23)17-32-5)28-13-10-24(15-27(28)30)26-12-11-25(31)14-21(26)3/h6-15,20,32H,16-19H2,1-5H3,(H,33,35). The molecule has 1 aliphatic heterocycles. The molecule has 184 valence electrons. The first-order valence-electron chi connectivity index (χ1n) is 12.4. The molecule has 3 aromatic carbocycles. The highest BCUT2D eigenvalue weighted by atomic mass is 19.1. The van der Waals surface area contributed by atoms with Crippen molar-refractivity contribution in [3.05, 3.63) is 88.7 Å². The minimum atomic E-state index is -0.225. The number of halogens is 1. The van der Waals surface area contributed by atoms with Gasteiger partial charge in [0.1, 0.15) is 5.82 Å². The van der Waals surface area contributed by atoms with Gasteiger partial charge < -0.3 is 10.6 Å². The Morgan fingerprint density at radius 3 is 2.34 bits per heavy atom. The van der Waals surface area contributed by atoms with Crippen molar-refractivity contribution in [2.75, 3.05) is 18.5 Å². The number of benzene rings is 3. The molecule has 0 spiro atoms. The Morgan fingerprint density at radius 2 is 1.71 bits per heavy atom. The smallest absolute Gasteiger partial charge is 0.322 e. The zero-order chi connectivity index (χ0) is 25.2. The second-order valence-corrected chi connectivity index (χ2v) is 10.4. The van der Waals surface area contributed by atoms with Crippen LogP contribution in [0.3, 0.4) is 0 Å². The fourth-order valence-electron chi connectivity index (χ4n) is 5.40. The van der Waals surface area contributed by atoms with Crippen molar-refractivity contribution in [1.29, 1.82) is 0 Å². The fourth-order valence-corrected chi connectivity index (χ4v) is 5.40. The minimum Gasteiger partial charge on any atom is -0.334 e. The molecule has 4 rings (SSSR count). The maximum Gasteiger partial charge on any atom is 0.322 e. The van der Waals surface area contributed by atoms with Gasteiger partial charge in [-0.2, -0.15) is 0 Å². The molecule has 0 aliphatic carbocycles. The summed E-state index contributed by atoms with van der Waals surface area (Å²) < 4.78 is 13.7. The van der Waals surface area contributed by atoms with Crippen molar-refractivity contribution in [2.45, 2.75) is 52.6 Å². The number of hydrogen-bond acceptors (Lipinski definition) is 2. The first kappa shape index (κ1) is 24.9. The zero-order valence-corrected chi connectivity index (χ0v) is 21.4. The second-order valence-electron chi connectivity index (χ2n) is 10.4. The quantitative estimate of drug-likeness (QED) is 0.408. The number of amides is 2. The molecule has 4 nitrogen and oxygen atoms in total. The van der Waals surface area contributed by atoms with E-state index in [-0.39, 0.29) is 17.3 Å². The summed E-state index contributed by atoms with van der Waals surface area (Å²) in [5.41, 5.74) is 7.25. The second kappa shape index (κ2) is 10.2. The van der Waals surface area contributed by atoms with Crippen LogP contribution in [0.4, 0.5) is 14.9 Å². The first-order chi connectivity index (χ1) is 16.7. The Kier molecular flexibility index (Phi) is 7.27. The number of rotatable bonds is 7. The van der Waals surface area contributed by atoms with Crippen LogP contribution in [0, 0.1) is 18.7 Å². The summed E-state index contributed by atoms with van der Waals surface area (Å²) in [5.74, 6) is 0.264. The van der Waals surface area contributed by atoms with E-state index in [9.17, 15) is 9.18 Å². The van der Waals surface area contributed by atoms with Crippen LogP contribution >= 0.6 is 0 Å². The Morgan fingerprint density at radius 1 is 1.03 bits per heavy atom. The number of nitrogens with zero attached hydrogens (tertiary/aromatic N) is 1. The molecule has 0 aromatic heterocycles. The van der Waals surface area contributed by atoms with Gasteiger partial charge in [0, 0.05) is 30.7 Å². The highest BCUT2D eigenvalue weighted by Gasteiger charge is 2.41. The van der Waals surface area contributed by atoms with Crippen LogP contribution < -0.4 is 15.5 Å². The summed E-state index contributed by atoms with van der Waals surface area (Å²) in [6, 6.07) is 19.4.